The van der Waals surface area contributed by atoms with Crippen LogP contribution in [0.2, 0.25) is 0 Å². The smallest absolute Gasteiger partial charge is 0.283 e. The Bertz CT molecular complexity index is 640. The van der Waals surface area contributed by atoms with Gasteiger partial charge >= 0.3 is 0 Å². The highest BCUT2D eigenvalue weighted by Crippen LogP contribution is 2.40. The summed E-state index contributed by atoms with van der Waals surface area (Å²) in [6, 6.07) is 7.47. The molecule has 0 atom stereocenters. The van der Waals surface area contributed by atoms with Gasteiger partial charge in [-0.1, -0.05) is 16.6 Å². The van der Waals surface area contributed by atoms with Crippen molar-refractivity contribution in [3.8, 4) is 0 Å². The van der Waals surface area contributed by atoms with Crippen LogP contribution in [0, 0.1) is 0 Å². The number of hydrogen-bond donors (Lipinski definition) is 1. The predicted molar refractivity (Wildman–Crippen MR) is 71.2 cm³/mol. The van der Waals surface area contributed by atoms with Crippen molar-refractivity contribution in [3.63, 3.8) is 0 Å². The lowest BCUT2D eigenvalue weighted by Crippen LogP contribution is -2.12. The van der Waals surface area contributed by atoms with Gasteiger partial charge in [0.25, 0.3) is 12.3 Å². The van der Waals surface area contributed by atoms with Gasteiger partial charge in [0.05, 0.1) is 0 Å². The van der Waals surface area contributed by atoms with Gasteiger partial charge in [-0.2, -0.15) is 0 Å². The van der Waals surface area contributed by atoms with Crippen molar-refractivity contribution in [3.05, 3.63) is 40.4 Å². The van der Waals surface area contributed by atoms with Gasteiger partial charge in [-0.3, -0.25) is 4.79 Å². The summed E-state index contributed by atoms with van der Waals surface area (Å²) in [5, 5.41) is 5.91. The zero-order chi connectivity index (χ0) is 14.1. The second kappa shape index (κ2) is 5.24. The molecule has 0 unspecified atom stereocenters. The maximum atomic E-state index is 12.7. The van der Waals surface area contributed by atoms with Crippen molar-refractivity contribution in [2.45, 2.75) is 25.2 Å². The van der Waals surface area contributed by atoms with Gasteiger partial charge in [0.15, 0.2) is 5.69 Å². The van der Waals surface area contributed by atoms with Crippen LogP contribution < -0.4 is 5.32 Å². The minimum atomic E-state index is -2.80. The first-order chi connectivity index (χ1) is 9.65. The molecule has 0 bridgehead atoms. The first-order valence-electron chi connectivity index (χ1n) is 6.17. The Labute approximate surface area is 118 Å². The van der Waals surface area contributed by atoms with Crippen LogP contribution in [-0.4, -0.2) is 15.5 Å². The molecule has 0 saturated heterocycles. The fourth-order valence-electron chi connectivity index (χ4n) is 1.97. The largest absolute Gasteiger partial charge is 0.321 e. The van der Waals surface area contributed by atoms with Crippen LogP contribution >= 0.6 is 11.5 Å². The monoisotopic (exact) mass is 295 g/mol. The maximum Gasteiger partial charge on any atom is 0.283 e. The van der Waals surface area contributed by atoms with E-state index in [1.165, 1.54) is 5.56 Å². The van der Waals surface area contributed by atoms with E-state index in [1.54, 1.807) is 6.07 Å². The van der Waals surface area contributed by atoms with E-state index < -0.39 is 18.0 Å². The van der Waals surface area contributed by atoms with E-state index in [9.17, 15) is 13.6 Å². The summed E-state index contributed by atoms with van der Waals surface area (Å²) in [5.74, 6) is -0.0307. The van der Waals surface area contributed by atoms with Gasteiger partial charge in [-0.25, -0.2) is 8.78 Å². The number of halogens is 2. The molecule has 1 heterocycles. The zero-order valence-corrected chi connectivity index (χ0v) is 11.2. The zero-order valence-electron chi connectivity index (χ0n) is 10.3. The third-order valence-corrected chi connectivity index (χ3v) is 3.86. The Balaban J connectivity index is 1.78. The Morgan fingerprint density at radius 2 is 2.20 bits per heavy atom. The van der Waals surface area contributed by atoms with Crippen molar-refractivity contribution in [2.24, 2.45) is 0 Å². The number of nitrogens with one attached hydrogen (secondary N) is 1. The minimum Gasteiger partial charge on any atom is -0.321 e. The van der Waals surface area contributed by atoms with Gasteiger partial charge < -0.3 is 5.32 Å². The first kappa shape index (κ1) is 13.1. The number of hydrogen-bond acceptors (Lipinski definition) is 4. The number of rotatable bonds is 4. The van der Waals surface area contributed by atoms with Crippen LogP contribution in [0.4, 0.5) is 14.5 Å². The van der Waals surface area contributed by atoms with Gasteiger partial charge in [0.2, 0.25) is 0 Å². The molecule has 2 aromatic rings. The number of anilines is 1. The highest BCUT2D eigenvalue weighted by atomic mass is 32.1. The molecule has 104 valence electrons. The van der Waals surface area contributed by atoms with Gasteiger partial charge in [-0.05, 0) is 48.0 Å². The summed E-state index contributed by atoms with van der Waals surface area (Å²) < 4.78 is 28.7. The number of alkyl halides is 2. The fourth-order valence-corrected chi connectivity index (χ4v) is 2.54. The van der Waals surface area contributed by atoms with E-state index in [4.69, 9.17) is 0 Å². The second-order valence-corrected chi connectivity index (χ2v) is 5.40. The Hall–Kier alpha value is -1.89. The molecule has 1 aliphatic carbocycles. The average Bonchev–Trinajstić information content (AvgIpc) is 3.15. The van der Waals surface area contributed by atoms with E-state index in [0.29, 0.717) is 23.1 Å². The van der Waals surface area contributed by atoms with E-state index in [-0.39, 0.29) is 4.88 Å². The topological polar surface area (TPSA) is 54.9 Å². The molecule has 0 spiro atoms. The number of carbonyl (C=O) groups excluding carboxylic acids is 1. The van der Waals surface area contributed by atoms with Crippen LogP contribution in [0.5, 0.6) is 0 Å². The SMILES string of the molecule is O=C(Nc1cccc(C2CC2)c1)c1snnc1C(F)F. The third kappa shape index (κ3) is 2.67. The third-order valence-electron chi connectivity index (χ3n) is 3.12. The summed E-state index contributed by atoms with van der Waals surface area (Å²) in [4.78, 5) is 11.8. The van der Waals surface area contributed by atoms with Crippen LogP contribution in [0.1, 0.15) is 46.1 Å². The molecule has 4 nitrogen and oxygen atoms in total. The standard InChI is InChI=1S/C13H11F2N3OS/c14-12(15)10-11(20-18-17-10)13(19)16-9-3-1-2-8(6-9)7-4-5-7/h1-3,6-7,12H,4-5H2,(H,16,19). The molecule has 1 aliphatic rings. The first-order valence-corrected chi connectivity index (χ1v) is 6.94. The van der Waals surface area contributed by atoms with E-state index in [0.717, 1.165) is 12.8 Å². The van der Waals surface area contributed by atoms with Crippen LogP contribution in [-0.2, 0) is 0 Å². The van der Waals surface area contributed by atoms with Gasteiger partial charge in [0, 0.05) is 5.69 Å². The number of benzene rings is 1. The fraction of sp³-hybridized carbons (Fsp3) is 0.308. The summed E-state index contributed by atoms with van der Waals surface area (Å²) >= 11 is 0.675. The van der Waals surface area contributed by atoms with E-state index in [2.05, 4.69) is 14.9 Å². The summed E-state index contributed by atoms with van der Waals surface area (Å²) in [6.45, 7) is 0. The molecule has 0 aliphatic heterocycles. The van der Waals surface area contributed by atoms with Gasteiger partial charge in [0.1, 0.15) is 4.88 Å². The summed E-state index contributed by atoms with van der Waals surface area (Å²) in [5.41, 5.74) is 1.21. The van der Waals surface area contributed by atoms with Crippen molar-refractivity contribution >= 4 is 23.1 Å². The van der Waals surface area contributed by atoms with Crippen molar-refractivity contribution in [1.29, 1.82) is 0 Å². The van der Waals surface area contributed by atoms with Crippen molar-refractivity contribution in [1.82, 2.24) is 9.59 Å². The Kier molecular flexibility index (Phi) is 3.43. The molecular weight excluding hydrogens is 284 g/mol. The molecule has 3 rings (SSSR count). The number of amides is 1. The summed E-state index contributed by atoms with van der Waals surface area (Å²) in [6.07, 6.45) is -0.482. The number of carbonyl (C=O) groups is 1. The highest BCUT2D eigenvalue weighted by Gasteiger charge is 2.25. The average molecular weight is 295 g/mol. The molecule has 20 heavy (non-hydrogen) atoms. The lowest BCUT2D eigenvalue weighted by atomic mass is 10.1. The second-order valence-electron chi connectivity index (χ2n) is 4.64. The molecule has 1 saturated carbocycles. The molecule has 1 aromatic carbocycles. The molecule has 1 fully saturated rings. The normalized spacial score (nSPS) is 14.6. The molecule has 1 amide bonds. The summed E-state index contributed by atoms with van der Waals surface area (Å²) in [7, 11) is 0. The lowest BCUT2D eigenvalue weighted by molar-refractivity contribution is 0.101. The lowest BCUT2D eigenvalue weighted by Gasteiger charge is -2.06. The number of aromatic nitrogens is 2. The van der Waals surface area contributed by atoms with Crippen molar-refractivity contribution in [2.75, 3.05) is 5.32 Å². The maximum absolute atomic E-state index is 12.7. The van der Waals surface area contributed by atoms with Crippen LogP contribution in [0.15, 0.2) is 24.3 Å². The molecule has 0 radical (unpaired) electrons. The van der Waals surface area contributed by atoms with Crippen LogP contribution in [0.3, 0.4) is 0 Å². The highest BCUT2D eigenvalue weighted by molar-refractivity contribution is 7.08. The Morgan fingerprint density at radius 1 is 1.40 bits per heavy atom. The Morgan fingerprint density at radius 3 is 2.90 bits per heavy atom. The molecule has 7 heteroatoms. The van der Waals surface area contributed by atoms with Gasteiger partial charge in [-0.15, -0.1) is 5.10 Å². The minimum absolute atomic E-state index is 0.142. The van der Waals surface area contributed by atoms with E-state index in [1.807, 2.05) is 18.2 Å². The molecule has 1 aromatic heterocycles. The van der Waals surface area contributed by atoms with E-state index >= 15 is 0 Å². The van der Waals surface area contributed by atoms with Crippen LogP contribution in [0.25, 0.3) is 0 Å². The quantitative estimate of drug-likeness (QED) is 0.937. The number of nitrogens with zero attached hydrogens (tertiary/aromatic N) is 2. The molecular formula is C13H11F2N3OS. The predicted octanol–water partition coefficient (Wildman–Crippen LogP) is 3.61. The molecule has 1 N–H and O–H groups in total. The van der Waals surface area contributed by atoms with Crippen molar-refractivity contribution < 1.29 is 13.6 Å².